The Balaban J connectivity index is 2.76. The van der Waals surface area contributed by atoms with E-state index in [0.717, 1.165) is 0 Å². The van der Waals surface area contributed by atoms with E-state index in [-0.39, 0.29) is 0 Å². The lowest BCUT2D eigenvalue weighted by Gasteiger charge is -2.00. The molecule has 0 aromatic heterocycles. The number of rotatable bonds is 10. The highest BCUT2D eigenvalue weighted by atomic mass is 32.2. The van der Waals surface area contributed by atoms with Crippen molar-refractivity contribution in [2.24, 2.45) is 0 Å². The van der Waals surface area contributed by atoms with Gasteiger partial charge in [0.2, 0.25) is 0 Å². The number of hydrogen-bond acceptors (Lipinski definition) is 1. The van der Waals surface area contributed by atoms with Crippen LogP contribution < -0.4 is 0 Å². The minimum Gasteiger partial charge on any atom is -0.158 e. The molecule has 0 aromatic rings. The predicted octanol–water partition coefficient (Wildman–Crippen LogP) is 5.04. The van der Waals surface area contributed by atoms with Gasteiger partial charge in [-0.05, 0) is 12.2 Å². The van der Waals surface area contributed by atoms with Crippen LogP contribution in [0, 0.1) is 5.75 Å². The molecule has 0 unspecified atom stereocenters. The topological polar surface area (TPSA) is 0 Å². The second-order valence-corrected chi connectivity index (χ2v) is 4.78. The Bertz CT molecular complexity index is 71.2. The molecule has 0 fully saturated rings. The summed E-state index contributed by atoms with van der Waals surface area (Å²) < 4.78 is 0. The zero-order chi connectivity index (χ0) is 9.78. The smallest absolute Gasteiger partial charge is 0.0166 e. The van der Waals surface area contributed by atoms with Crippen LogP contribution in [0.2, 0.25) is 0 Å². The van der Waals surface area contributed by atoms with E-state index < -0.39 is 0 Å². The molecule has 1 radical (unpaired) electrons. The van der Waals surface area contributed by atoms with Crippen molar-refractivity contribution in [1.82, 2.24) is 0 Å². The fourth-order valence-corrected chi connectivity index (χ4v) is 1.95. The Morgan fingerprint density at radius 1 is 0.846 bits per heavy atom. The predicted molar refractivity (Wildman–Crippen MR) is 65.0 cm³/mol. The molecule has 0 rings (SSSR count). The molecule has 0 saturated carbocycles. The quantitative estimate of drug-likeness (QED) is 0.446. The molecule has 0 nitrogen and oxygen atoms in total. The lowest BCUT2D eigenvalue weighted by Crippen LogP contribution is -1.80. The van der Waals surface area contributed by atoms with Gasteiger partial charge in [0.25, 0.3) is 0 Å². The molecule has 0 aliphatic heterocycles. The van der Waals surface area contributed by atoms with Crippen molar-refractivity contribution >= 4 is 11.8 Å². The number of hydrogen-bond donors (Lipinski definition) is 0. The Hall–Kier alpha value is 0.350. The average molecular weight is 201 g/mol. The molecule has 0 heterocycles. The van der Waals surface area contributed by atoms with Gasteiger partial charge >= 0.3 is 0 Å². The molecular weight excluding hydrogens is 176 g/mol. The summed E-state index contributed by atoms with van der Waals surface area (Å²) in [6.07, 6.45) is 11.3. The van der Waals surface area contributed by atoms with Crippen molar-refractivity contribution in [3.05, 3.63) is 5.75 Å². The molecule has 0 aliphatic rings. The first-order chi connectivity index (χ1) is 6.41. The summed E-state index contributed by atoms with van der Waals surface area (Å²) in [5.74, 6) is 3.60. The summed E-state index contributed by atoms with van der Waals surface area (Å²) >= 11 is 1.96. The average Bonchev–Trinajstić information content (AvgIpc) is 2.16. The molecule has 1 heteroatoms. The summed E-state index contributed by atoms with van der Waals surface area (Å²) in [7, 11) is 0. The van der Waals surface area contributed by atoms with Crippen molar-refractivity contribution in [3.63, 3.8) is 0 Å². The van der Waals surface area contributed by atoms with Crippen LogP contribution in [0.4, 0.5) is 0 Å². The highest BCUT2D eigenvalue weighted by molar-refractivity contribution is 8.01. The molecule has 0 saturated heterocycles. The van der Waals surface area contributed by atoms with E-state index in [4.69, 9.17) is 0 Å². The van der Waals surface area contributed by atoms with E-state index in [2.05, 4.69) is 19.6 Å². The third kappa shape index (κ3) is 12.4. The van der Waals surface area contributed by atoms with E-state index >= 15 is 0 Å². The maximum atomic E-state index is 2.37. The summed E-state index contributed by atoms with van der Waals surface area (Å²) in [6, 6.07) is 0. The van der Waals surface area contributed by atoms with Crippen LogP contribution in [-0.2, 0) is 0 Å². The lowest BCUT2D eigenvalue weighted by molar-refractivity contribution is 0.591. The number of thioether (sulfide) groups is 1. The van der Waals surface area contributed by atoms with Crippen LogP contribution in [0.3, 0.4) is 0 Å². The van der Waals surface area contributed by atoms with Gasteiger partial charge in [-0.25, -0.2) is 0 Å². The van der Waals surface area contributed by atoms with Gasteiger partial charge in [0.15, 0.2) is 0 Å². The fourth-order valence-electron chi connectivity index (χ4n) is 1.39. The van der Waals surface area contributed by atoms with Gasteiger partial charge in [0.1, 0.15) is 0 Å². The van der Waals surface area contributed by atoms with Gasteiger partial charge in [-0.15, -0.1) is 0 Å². The summed E-state index contributed by atoms with van der Waals surface area (Å²) in [6.45, 7) is 4.49. The van der Waals surface area contributed by atoms with Gasteiger partial charge in [0.05, 0.1) is 0 Å². The Labute approximate surface area is 88.9 Å². The van der Waals surface area contributed by atoms with Crippen molar-refractivity contribution < 1.29 is 0 Å². The van der Waals surface area contributed by atoms with E-state index in [1.165, 1.54) is 57.1 Å². The van der Waals surface area contributed by atoms with Crippen LogP contribution in [0.25, 0.3) is 0 Å². The molecule has 0 aliphatic carbocycles. The summed E-state index contributed by atoms with van der Waals surface area (Å²) in [5, 5.41) is 0. The summed E-state index contributed by atoms with van der Waals surface area (Å²) in [5.41, 5.74) is 0. The fraction of sp³-hybridized carbons (Fsp3) is 0.917. The van der Waals surface area contributed by atoms with Crippen LogP contribution in [0.15, 0.2) is 0 Å². The lowest BCUT2D eigenvalue weighted by atomic mass is 10.1. The first-order valence-electron chi connectivity index (χ1n) is 5.85. The molecule has 0 spiro atoms. The second-order valence-electron chi connectivity index (χ2n) is 3.53. The minimum atomic E-state index is 1.23. The van der Waals surface area contributed by atoms with Gasteiger partial charge in [0, 0.05) is 5.75 Å². The van der Waals surface area contributed by atoms with E-state index in [0.29, 0.717) is 0 Å². The van der Waals surface area contributed by atoms with E-state index in [1.807, 2.05) is 11.8 Å². The summed E-state index contributed by atoms with van der Waals surface area (Å²) in [4.78, 5) is 0. The van der Waals surface area contributed by atoms with Crippen molar-refractivity contribution in [1.29, 1.82) is 0 Å². The SMILES string of the molecule is CCCCCCCCC[CH]SCC. The van der Waals surface area contributed by atoms with Crippen molar-refractivity contribution in [2.45, 2.75) is 65.2 Å². The third-order valence-corrected chi connectivity index (χ3v) is 3.01. The maximum Gasteiger partial charge on any atom is 0.0166 e. The molecule has 0 bridgehead atoms. The monoisotopic (exact) mass is 201 g/mol. The standard InChI is InChI=1S/C12H25S/c1-3-5-6-7-8-9-10-11-12-13-4-2/h12H,3-11H2,1-2H3. The largest absolute Gasteiger partial charge is 0.158 e. The van der Waals surface area contributed by atoms with Gasteiger partial charge < -0.3 is 0 Å². The third-order valence-electron chi connectivity index (χ3n) is 2.21. The Morgan fingerprint density at radius 3 is 2.08 bits per heavy atom. The Morgan fingerprint density at radius 2 is 1.46 bits per heavy atom. The van der Waals surface area contributed by atoms with Crippen LogP contribution in [-0.4, -0.2) is 5.75 Å². The molecule has 0 N–H and O–H groups in total. The first-order valence-corrected chi connectivity index (χ1v) is 6.90. The normalized spacial score (nSPS) is 10.6. The van der Waals surface area contributed by atoms with Crippen LogP contribution >= 0.6 is 11.8 Å². The van der Waals surface area contributed by atoms with Crippen LogP contribution in [0.5, 0.6) is 0 Å². The van der Waals surface area contributed by atoms with Gasteiger partial charge in [-0.2, -0.15) is 11.8 Å². The highest BCUT2D eigenvalue weighted by Crippen LogP contribution is 2.13. The van der Waals surface area contributed by atoms with E-state index in [1.54, 1.807) is 0 Å². The maximum absolute atomic E-state index is 2.37. The Kier molecular flexibility index (Phi) is 12.7. The first kappa shape index (κ1) is 13.4. The molecule has 79 valence electrons. The molecule has 13 heavy (non-hydrogen) atoms. The van der Waals surface area contributed by atoms with Crippen LogP contribution in [0.1, 0.15) is 65.2 Å². The zero-order valence-electron chi connectivity index (χ0n) is 9.35. The van der Waals surface area contributed by atoms with Crippen molar-refractivity contribution in [2.75, 3.05) is 5.75 Å². The van der Waals surface area contributed by atoms with Gasteiger partial charge in [-0.1, -0.05) is 58.8 Å². The molecular formula is C12H25S. The second kappa shape index (κ2) is 12.3. The molecule has 0 amide bonds. The minimum absolute atomic E-state index is 1.23. The van der Waals surface area contributed by atoms with E-state index in [9.17, 15) is 0 Å². The zero-order valence-corrected chi connectivity index (χ0v) is 10.2. The molecule has 0 atom stereocenters. The highest BCUT2D eigenvalue weighted by Gasteiger charge is 1.91. The number of unbranched alkanes of at least 4 members (excludes halogenated alkanes) is 7. The van der Waals surface area contributed by atoms with Crippen molar-refractivity contribution in [3.8, 4) is 0 Å². The van der Waals surface area contributed by atoms with Gasteiger partial charge in [-0.3, -0.25) is 0 Å². The molecule has 0 aromatic carbocycles.